The molecule has 6 heteroatoms. The maximum atomic E-state index is 13.1. The number of rotatable bonds is 2. The first-order chi connectivity index (χ1) is 7.21. The van der Waals surface area contributed by atoms with E-state index in [0.717, 1.165) is 0 Å². The Morgan fingerprint density at radius 2 is 1.69 bits per heavy atom. The molecule has 3 N–H and O–H groups in total. The highest BCUT2D eigenvalue weighted by atomic mass is 19.2. The Morgan fingerprint density at radius 3 is 2.19 bits per heavy atom. The van der Waals surface area contributed by atoms with E-state index in [-0.39, 0.29) is 0 Å². The van der Waals surface area contributed by atoms with E-state index >= 15 is 0 Å². The number of carbonyl (C=O) groups is 1. The molecule has 16 heavy (non-hydrogen) atoms. The van der Waals surface area contributed by atoms with Gasteiger partial charge in [0.05, 0.1) is 11.2 Å². The third-order valence-electron chi connectivity index (χ3n) is 1.84. The topological polar surface area (TPSA) is 55.1 Å². The molecule has 1 rings (SSSR count). The Labute approximate surface area is 90.4 Å². The summed E-state index contributed by atoms with van der Waals surface area (Å²) in [4.78, 5) is 11.4. The smallest absolute Gasteiger partial charge is 0.243 e. The van der Waals surface area contributed by atoms with Crippen LogP contribution in [-0.4, -0.2) is 11.4 Å². The highest BCUT2D eigenvalue weighted by molar-refractivity contribution is 5.97. The number of anilines is 1. The summed E-state index contributed by atoms with van der Waals surface area (Å²) in [7, 11) is 0. The SMILES string of the molecule is CC(C)(N)C(=O)Nc1cc(F)c(F)cc1F. The highest BCUT2D eigenvalue weighted by Crippen LogP contribution is 2.19. The third kappa shape index (κ3) is 2.73. The van der Waals surface area contributed by atoms with Crippen LogP contribution in [0.4, 0.5) is 18.9 Å². The van der Waals surface area contributed by atoms with Crippen LogP contribution < -0.4 is 11.1 Å². The van der Waals surface area contributed by atoms with Crippen molar-refractivity contribution in [3.05, 3.63) is 29.6 Å². The van der Waals surface area contributed by atoms with Crippen molar-refractivity contribution in [1.82, 2.24) is 0 Å². The van der Waals surface area contributed by atoms with Gasteiger partial charge in [-0.3, -0.25) is 4.79 Å². The van der Waals surface area contributed by atoms with Crippen molar-refractivity contribution in [2.75, 3.05) is 5.32 Å². The maximum Gasteiger partial charge on any atom is 0.243 e. The van der Waals surface area contributed by atoms with Crippen LogP contribution in [0.2, 0.25) is 0 Å². The zero-order chi connectivity index (χ0) is 12.5. The molecule has 3 nitrogen and oxygen atoms in total. The number of nitrogens with one attached hydrogen (secondary N) is 1. The molecular formula is C10H11F3N2O. The molecule has 0 aliphatic carbocycles. The lowest BCUT2D eigenvalue weighted by atomic mass is 10.1. The Hall–Kier alpha value is -1.56. The Morgan fingerprint density at radius 1 is 1.19 bits per heavy atom. The number of nitrogens with two attached hydrogens (primary N) is 1. The molecule has 88 valence electrons. The lowest BCUT2D eigenvalue weighted by molar-refractivity contribution is -0.120. The van der Waals surface area contributed by atoms with Gasteiger partial charge in [0, 0.05) is 12.1 Å². The number of amides is 1. The zero-order valence-electron chi connectivity index (χ0n) is 8.77. The molecule has 0 aliphatic heterocycles. The predicted molar refractivity (Wildman–Crippen MR) is 53.2 cm³/mol. The Bertz CT molecular complexity index is 427. The van der Waals surface area contributed by atoms with Crippen LogP contribution in [0.25, 0.3) is 0 Å². The van der Waals surface area contributed by atoms with Gasteiger partial charge in [-0.15, -0.1) is 0 Å². The van der Waals surface area contributed by atoms with Crippen LogP contribution in [0, 0.1) is 17.5 Å². The first-order valence-electron chi connectivity index (χ1n) is 4.46. The monoisotopic (exact) mass is 232 g/mol. The van der Waals surface area contributed by atoms with Crippen molar-refractivity contribution in [2.24, 2.45) is 5.73 Å². The van der Waals surface area contributed by atoms with Crippen molar-refractivity contribution in [3.63, 3.8) is 0 Å². The average Bonchev–Trinajstić information content (AvgIpc) is 2.12. The quantitative estimate of drug-likeness (QED) is 0.763. The molecule has 0 atom stereocenters. The fourth-order valence-corrected chi connectivity index (χ4v) is 0.902. The van der Waals surface area contributed by atoms with Crippen molar-refractivity contribution < 1.29 is 18.0 Å². The summed E-state index contributed by atoms with van der Waals surface area (Å²) in [6.07, 6.45) is 0. The van der Waals surface area contributed by atoms with Crippen LogP contribution in [0.1, 0.15) is 13.8 Å². The molecule has 0 aromatic heterocycles. The van der Waals surface area contributed by atoms with Gasteiger partial charge >= 0.3 is 0 Å². The van der Waals surface area contributed by atoms with E-state index in [0.29, 0.717) is 12.1 Å². The van der Waals surface area contributed by atoms with Crippen molar-refractivity contribution in [1.29, 1.82) is 0 Å². The molecule has 0 saturated carbocycles. The fourth-order valence-electron chi connectivity index (χ4n) is 0.902. The zero-order valence-corrected chi connectivity index (χ0v) is 8.77. The van der Waals surface area contributed by atoms with Gasteiger partial charge in [0.1, 0.15) is 5.82 Å². The fraction of sp³-hybridized carbons (Fsp3) is 0.300. The summed E-state index contributed by atoms with van der Waals surface area (Å²) >= 11 is 0. The first-order valence-corrected chi connectivity index (χ1v) is 4.46. The molecule has 1 aromatic carbocycles. The minimum Gasteiger partial charge on any atom is -0.322 e. The minimum atomic E-state index is -1.32. The van der Waals surface area contributed by atoms with Crippen LogP contribution in [0.3, 0.4) is 0 Å². The largest absolute Gasteiger partial charge is 0.322 e. The van der Waals surface area contributed by atoms with E-state index < -0.39 is 34.6 Å². The van der Waals surface area contributed by atoms with E-state index in [1.54, 1.807) is 0 Å². The standard InChI is InChI=1S/C10H11F3N2O/c1-10(2,14)9(16)15-8-4-6(12)5(11)3-7(8)13/h3-4H,14H2,1-2H3,(H,15,16). The van der Waals surface area contributed by atoms with Gasteiger partial charge in [-0.25, -0.2) is 13.2 Å². The summed E-state index contributed by atoms with van der Waals surface area (Å²) in [5.41, 5.74) is 3.76. The van der Waals surface area contributed by atoms with E-state index in [2.05, 4.69) is 5.32 Å². The summed E-state index contributed by atoms with van der Waals surface area (Å²) in [6.45, 7) is 2.81. The van der Waals surface area contributed by atoms with Gasteiger partial charge in [-0.05, 0) is 13.8 Å². The predicted octanol–water partition coefficient (Wildman–Crippen LogP) is 1.78. The molecule has 0 aliphatic rings. The lowest BCUT2D eigenvalue weighted by Crippen LogP contribution is -2.45. The first kappa shape index (κ1) is 12.5. The molecule has 0 saturated heterocycles. The van der Waals surface area contributed by atoms with Crippen LogP contribution >= 0.6 is 0 Å². The molecule has 0 bridgehead atoms. The van der Waals surface area contributed by atoms with Gasteiger partial charge in [-0.2, -0.15) is 0 Å². The second kappa shape index (κ2) is 4.13. The molecule has 1 aromatic rings. The number of halogens is 3. The summed E-state index contributed by atoms with van der Waals surface area (Å²) < 4.78 is 38.5. The van der Waals surface area contributed by atoms with Gasteiger partial charge < -0.3 is 11.1 Å². The molecule has 0 radical (unpaired) electrons. The number of hydrogen-bond donors (Lipinski definition) is 2. The molecular weight excluding hydrogens is 221 g/mol. The Kier molecular flexibility index (Phi) is 3.23. The number of carbonyl (C=O) groups excluding carboxylic acids is 1. The third-order valence-corrected chi connectivity index (χ3v) is 1.84. The van der Waals surface area contributed by atoms with E-state index in [1.807, 2.05) is 0 Å². The van der Waals surface area contributed by atoms with Crippen LogP contribution in [-0.2, 0) is 4.79 Å². The van der Waals surface area contributed by atoms with Crippen LogP contribution in [0.5, 0.6) is 0 Å². The van der Waals surface area contributed by atoms with Gasteiger partial charge in [0.25, 0.3) is 0 Å². The normalized spacial score (nSPS) is 11.4. The van der Waals surface area contributed by atoms with E-state index in [4.69, 9.17) is 5.73 Å². The van der Waals surface area contributed by atoms with Crippen LogP contribution in [0.15, 0.2) is 12.1 Å². The minimum absolute atomic E-state index is 0.356. The van der Waals surface area contributed by atoms with E-state index in [1.165, 1.54) is 13.8 Å². The highest BCUT2D eigenvalue weighted by Gasteiger charge is 2.23. The summed E-state index contributed by atoms with van der Waals surface area (Å²) in [6, 6.07) is 0.919. The second-order valence-electron chi connectivity index (χ2n) is 3.92. The van der Waals surface area contributed by atoms with Gasteiger partial charge in [0.15, 0.2) is 11.6 Å². The summed E-state index contributed by atoms with van der Waals surface area (Å²) in [5.74, 6) is -4.32. The molecule has 0 fully saturated rings. The second-order valence-corrected chi connectivity index (χ2v) is 3.92. The lowest BCUT2D eigenvalue weighted by Gasteiger charge is -2.18. The molecule has 0 unspecified atom stereocenters. The van der Waals surface area contributed by atoms with Crippen molar-refractivity contribution in [3.8, 4) is 0 Å². The molecule has 1 amide bonds. The molecule has 0 heterocycles. The summed E-state index contributed by atoms with van der Waals surface area (Å²) in [5, 5.41) is 2.07. The number of hydrogen-bond acceptors (Lipinski definition) is 2. The molecule has 0 spiro atoms. The maximum absolute atomic E-state index is 13.1. The average molecular weight is 232 g/mol. The van der Waals surface area contributed by atoms with E-state index in [9.17, 15) is 18.0 Å². The van der Waals surface area contributed by atoms with Gasteiger partial charge in [-0.1, -0.05) is 0 Å². The van der Waals surface area contributed by atoms with Crippen molar-refractivity contribution in [2.45, 2.75) is 19.4 Å². The number of benzene rings is 1. The Balaban J connectivity index is 2.99. The van der Waals surface area contributed by atoms with Gasteiger partial charge in [0.2, 0.25) is 5.91 Å². The van der Waals surface area contributed by atoms with Crippen molar-refractivity contribution >= 4 is 11.6 Å².